The largest absolute Gasteiger partial charge is 0.493 e. The molecule has 0 saturated heterocycles. The summed E-state index contributed by atoms with van der Waals surface area (Å²) in [7, 11) is 2.94. The van der Waals surface area contributed by atoms with Crippen LogP contribution in [0.25, 0.3) is 0 Å². The second kappa shape index (κ2) is 7.33. The van der Waals surface area contributed by atoms with Gasteiger partial charge in [-0.05, 0) is 12.2 Å². The highest BCUT2D eigenvalue weighted by Gasteiger charge is 2.19. The maximum Gasteiger partial charge on any atom is 0.286 e. The molecule has 18 heavy (non-hydrogen) atoms. The van der Waals surface area contributed by atoms with E-state index < -0.39 is 4.92 Å². The van der Waals surface area contributed by atoms with Gasteiger partial charge in [0.25, 0.3) is 5.69 Å². The molecule has 7 heteroatoms. The highest BCUT2D eigenvalue weighted by molar-refractivity contribution is 7.99. The lowest BCUT2D eigenvalue weighted by Gasteiger charge is -2.10. The fourth-order valence-corrected chi connectivity index (χ4v) is 2.62. The molecule has 0 atom stereocenters. The predicted octanol–water partition coefficient (Wildman–Crippen LogP) is 3.33. The number of hydrogen-bond donors (Lipinski definition) is 0. The molecule has 5 nitrogen and oxygen atoms in total. The summed E-state index contributed by atoms with van der Waals surface area (Å²) in [4.78, 5) is 11.1. The molecule has 0 aromatic heterocycles. The lowest BCUT2D eigenvalue weighted by atomic mass is 10.3. The topological polar surface area (TPSA) is 61.6 Å². The molecule has 1 rings (SSSR count). The van der Waals surface area contributed by atoms with Gasteiger partial charge in [0.05, 0.1) is 30.1 Å². The molecular formula is C11H14ClNO4S. The van der Waals surface area contributed by atoms with Crippen molar-refractivity contribution >= 4 is 29.1 Å². The van der Waals surface area contributed by atoms with Gasteiger partial charge in [0.15, 0.2) is 11.5 Å². The number of benzene rings is 1. The molecule has 0 aliphatic carbocycles. The van der Waals surface area contributed by atoms with Crippen LogP contribution in [0.2, 0.25) is 0 Å². The van der Waals surface area contributed by atoms with Gasteiger partial charge in [-0.25, -0.2) is 0 Å². The van der Waals surface area contributed by atoms with E-state index in [0.29, 0.717) is 22.3 Å². The number of halogens is 1. The average Bonchev–Trinajstić information content (AvgIpc) is 2.38. The third-order valence-electron chi connectivity index (χ3n) is 2.20. The fraction of sp³-hybridized carbons (Fsp3) is 0.455. The van der Waals surface area contributed by atoms with Gasteiger partial charge in [0.2, 0.25) is 0 Å². The lowest BCUT2D eigenvalue weighted by Crippen LogP contribution is -1.96. The summed E-state index contributed by atoms with van der Waals surface area (Å²) in [6, 6.07) is 3.00. The van der Waals surface area contributed by atoms with E-state index in [1.165, 1.54) is 32.0 Å². The zero-order chi connectivity index (χ0) is 13.5. The third-order valence-corrected chi connectivity index (χ3v) is 3.60. The predicted molar refractivity (Wildman–Crippen MR) is 72.3 cm³/mol. The van der Waals surface area contributed by atoms with Crippen LogP contribution in [-0.4, -0.2) is 30.8 Å². The normalized spacial score (nSPS) is 10.2. The van der Waals surface area contributed by atoms with Crippen molar-refractivity contribution in [2.45, 2.75) is 11.3 Å². The van der Waals surface area contributed by atoms with Crippen LogP contribution in [-0.2, 0) is 0 Å². The van der Waals surface area contributed by atoms with Gasteiger partial charge in [-0.15, -0.1) is 23.4 Å². The molecule has 100 valence electrons. The molecule has 0 amide bonds. The van der Waals surface area contributed by atoms with Crippen LogP contribution in [0.1, 0.15) is 6.42 Å². The summed E-state index contributed by atoms with van der Waals surface area (Å²) in [6.45, 7) is 0. The molecule has 0 fully saturated rings. The average molecular weight is 292 g/mol. The Morgan fingerprint density at radius 2 is 1.94 bits per heavy atom. The SMILES string of the molecule is COc1cc(SCCCCl)c([N+](=O)[O-])cc1OC. The van der Waals surface area contributed by atoms with Crippen LogP contribution < -0.4 is 9.47 Å². The standard InChI is InChI=1S/C11H14ClNO4S/c1-16-9-6-8(13(14)15)11(7-10(9)17-2)18-5-3-4-12/h6-7H,3-5H2,1-2H3. The minimum Gasteiger partial charge on any atom is -0.493 e. The number of rotatable bonds is 7. The lowest BCUT2D eigenvalue weighted by molar-refractivity contribution is -0.387. The first-order valence-electron chi connectivity index (χ1n) is 5.23. The van der Waals surface area contributed by atoms with Crippen molar-refractivity contribution in [3.8, 4) is 11.5 Å². The van der Waals surface area contributed by atoms with Crippen molar-refractivity contribution in [3.63, 3.8) is 0 Å². The van der Waals surface area contributed by atoms with E-state index in [9.17, 15) is 10.1 Å². The number of nitrogens with zero attached hydrogens (tertiary/aromatic N) is 1. The maximum absolute atomic E-state index is 11.0. The Bertz CT molecular complexity index is 428. The van der Waals surface area contributed by atoms with Gasteiger partial charge in [-0.2, -0.15) is 0 Å². The van der Waals surface area contributed by atoms with Gasteiger partial charge >= 0.3 is 0 Å². The molecule has 0 heterocycles. The van der Waals surface area contributed by atoms with E-state index in [4.69, 9.17) is 21.1 Å². The summed E-state index contributed by atoms with van der Waals surface area (Å²) >= 11 is 6.97. The molecule has 1 aromatic carbocycles. The molecule has 0 radical (unpaired) electrons. The van der Waals surface area contributed by atoms with Crippen LogP contribution in [0, 0.1) is 10.1 Å². The van der Waals surface area contributed by atoms with Crippen molar-refractivity contribution in [1.29, 1.82) is 0 Å². The van der Waals surface area contributed by atoms with Crippen molar-refractivity contribution in [1.82, 2.24) is 0 Å². The number of nitro benzene ring substituents is 1. The minimum absolute atomic E-state index is 0.0206. The fourth-order valence-electron chi connectivity index (χ4n) is 1.34. The van der Waals surface area contributed by atoms with Crippen LogP contribution in [0.4, 0.5) is 5.69 Å². The van der Waals surface area contributed by atoms with E-state index in [1.807, 2.05) is 0 Å². The highest BCUT2D eigenvalue weighted by atomic mass is 35.5. The summed E-state index contributed by atoms with van der Waals surface area (Å²) in [5.74, 6) is 2.09. The van der Waals surface area contributed by atoms with Gasteiger partial charge in [0.1, 0.15) is 0 Å². The van der Waals surface area contributed by atoms with Crippen molar-refractivity contribution in [3.05, 3.63) is 22.2 Å². The molecule has 0 aliphatic rings. The van der Waals surface area contributed by atoms with Crippen LogP contribution in [0.15, 0.2) is 17.0 Å². The van der Waals surface area contributed by atoms with Crippen molar-refractivity contribution in [2.75, 3.05) is 25.9 Å². The van der Waals surface area contributed by atoms with Gasteiger partial charge < -0.3 is 9.47 Å². The monoisotopic (exact) mass is 291 g/mol. The number of alkyl halides is 1. The number of ether oxygens (including phenoxy) is 2. The molecule has 0 aliphatic heterocycles. The first-order chi connectivity index (χ1) is 8.63. The van der Waals surface area contributed by atoms with E-state index in [-0.39, 0.29) is 5.69 Å². The Labute approximate surface area is 115 Å². The summed E-state index contributed by atoms with van der Waals surface area (Å²) in [6.07, 6.45) is 0.789. The quantitative estimate of drug-likeness (QED) is 0.253. The Kier molecular flexibility index (Phi) is 6.07. The summed E-state index contributed by atoms with van der Waals surface area (Å²) in [5, 5.41) is 11.0. The number of hydrogen-bond acceptors (Lipinski definition) is 5. The third kappa shape index (κ3) is 3.68. The van der Waals surface area contributed by atoms with E-state index in [1.54, 1.807) is 6.07 Å². The molecule has 0 saturated carbocycles. The van der Waals surface area contributed by atoms with Crippen LogP contribution >= 0.6 is 23.4 Å². The molecular weight excluding hydrogens is 278 g/mol. The highest BCUT2D eigenvalue weighted by Crippen LogP contribution is 2.39. The van der Waals surface area contributed by atoms with Gasteiger partial charge in [0, 0.05) is 11.9 Å². The zero-order valence-corrected chi connectivity index (χ0v) is 11.7. The van der Waals surface area contributed by atoms with Crippen LogP contribution in [0.3, 0.4) is 0 Å². The van der Waals surface area contributed by atoms with E-state index in [2.05, 4.69) is 0 Å². The number of nitro groups is 1. The molecule has 0 bridgehead atoms. The molecule has 0 spiro atoms. The molecule has 0 unspecified atom stereocenters. The summed E-state index contributed by atoms with van der Waals surface area (Å²) < 4.78 is 10.2. The first-order valence-corrected chi connectivity index (χ1v) is 6.75. The van der Waals surface area contributed by atoms with Crippen molar-refractivity contribution in [2.24, 2.45) is 0 Å². The minimum atomic E-state index is -0.426. The molecule has 0 N–H and O–H groups in total. The summed E-state index contributed by atoms with van der Waals surface area (Å²) in [5.41, 5.74) is 0.0206. The van der Waals surface area contributed by atoms with Gasteiger partial charge in [-0.3, -0.25) is 10.1 Å². The first kappa shape index (κ1) is 14.9. The van der Waals surface area contributed by atoms with E-state index >= 15 is 0 Å². The van der Waals surface area contributed by atoms with Crippen molar-refractivity contribution < 1.29 is 14.4 Å². The van der Waals surface area contributed by atoms with Crippen LogP contribution in [0.5, 0.6) is 11.5 Å². The smallest absolute Gasteiger partial charge is 0.286 e. The Hall–Kier alpha value is -1.14. The second-order valence-electron chi connectivity index (χ2n) is 3.32. The second-order valence-corrected chi connectivity index (χ2v) is 4.84. The van der Waals surface area contributed by atoms with E-state index in [0.717, 1.165) is 12.2 Å². The molecule has 1 aromatic rings. The maximum atomic E-state index is 11.0. The Morgan fingerprint density at radius 3 is 2.44 bits per heavy atom. The number of thioether (sulfide) groups is 1. The number of methoxy groups -OCH3 is 2. The Balaban J connectivity index is 3.08. The van der Waals surface area contributed by atoms with Gasteiger partial charge in [-0.1, -0.05) is 0 Å². The zero-order valence-electron chi connectivity index (χ0n) is 10.1. The Morgan fingerprint density at radius 1 is 1.33 bits per heavy atom.